The van der Waals surface area contributed by atoms with Gasteiger partial charge in [-0.25, -0.2) is 0 Å². The van der Waals surface area contributed by atoms with E-state index in [2.05, 4.69) is 23.3 Å². The summed E-state index contributed by atoms with van der Waals surface area (Å²) in [6.45, 7) is 0.523. The van der Waals surface area contributed by atoms with Crippen LogP contribution >= 0.6 is 11.6 Å². The number of nitrogens with zero attached hydrogens (tertiary/aromatic N) is 2. The second kappa shape index (κ2) is 6.34. The Hall–Kier alpha value is -2.10. The highest BCUT2D eigenvalue weighted by Crippen LogP contribution is 2.28. The summed E-state index contributed by atoms with van der Waals surface area (Å²) < 4.78 is 1.91. The fourth-order valence-electron chi connectivity index (χ4n) is 2.68. The summed E-state index contributed by atoms with van der Waals surface area (Å²) in [5.74, 6) is 0.104. The Kier molecular flexibility index (Phi) is 4.27. The monoisotopic (exact) mass is 311 g/mol. The average molecular weight is 312 g/mol. The van der Waals surface area contributed by atoms with Gasteiger partial charge in [-0.05, 0) is 23.8 Å². The summed E-state index contributed by atoms with van der Waals surface area (Å²) in [6.07, 6.45) is 0. The molecular weight excluding hydrogens is 294 g/mol. The van der Waals surface area contributed by atoms with Crippen molar-refractivity contribution in [2.45, 2.75) is 5.92 Å². The first-order chi connectivity index (χ1) is 10.7. The molecule has 2 aromatic carbocycles. The maximum absolute atomic E-state index is 6.02. The Morgan fingerprint density at radius 2 is 1.77 bits per heavy atom. The molecule has 1 heterocycles. The summed E-state index contributed by atoms with van der Waals surface area (Å²) in [6, 6.07) is 20.1. The van der Waals surface area contributed by atoms with Gasteiger partial charge < -0.3 is 5.73 Å². The van der Waals surface area contributed by atoms with Gasteiger partial charge in [-0.3, -0.25) is 4.68 Å². The third kappa shape index (κ3) is 2.91. The summed E-state index contributed by atoms with van der Waals surface area (Å²) in [4.78, 5) is 0. The fraction of sp³-hybridized carbons (Fsp3) is 0.167. The van der Waals surface area contributed by atoms with E-state index in [1.807, 2.05) is 54.2 Å². The van der Waals surface area contributed by atoms with Gasteiger partial charge in [-0.1, -0.05) is 54.1 Å². The van der Waals surface area contributed by atoms with Gasteiger partial charge >= 0.3 is 0 Å². The van der Waals surface area contributed by atoms with Crippen LogP contribution in [0.15, 0.2) is 60.7 Å². The van der Waals surface area contributed by atoms with E-state index in [1.54, 1.807) is 0 Å². The number of nitrogens with two attached hydrogens (primary N) is 1. The summed E-state index contributed by atoms with van der Waals surface area (Å²) >= 11 is 5.97. The Morgan fingerprint density at radius 3 is 2.41 bits per heavy atom. The zero-order valence-corrected chi connectivity index (χ0v) is 13.2. The van der Waals surface area contributed by atoms with Gasteiger partial charge in [0, 0.05) is 35.8 Å². The van der Waals surface area contributed by atoms with Crippen molar-refractivity contribution in [3.8, 4) is 11.3 Å². The number of rotatable bonds is 4. The molecule has 0 fully saturated rings. The zero-order valence-electron chi connectivity index (χ0n) is 12.4. The van der Waals surface area contributed by atoms with E-state index in [4.69, 9.17) is 17.3 Å². The molecule has 0 amide bonds. The Labute approximate surface area is 135 Å². The van der Waals surface area contributed by atoms with Gasteiger partial charge in [0.15, 0.2) is 0 Å². The first-order valence-corrected chi connectivity index (χ1v) is 7.61. The quantitative estimate of drug-likeness (QED) is 0.795. The highest BCUT2D eigenvalue weighted by atomic mass is 35.5. The summed E-state index contributed by atoms with van der Waals surface area (Å²) in [5.41, 5.74) is 10.3. The molecule has 0 saturated heterocycles. The SMILES string of the molecule is Cn1nc(-c2ccccc2)cc1C(CN)c1ccc(Cl)cc1. The molecule has 112 valence electrons. The predicted octanol–water partition coefficient (Wildman–Crippen LogP) is 3.83. The highest BCUT2D eigenvalue weighted by Gasteiger charge is 2.18. The molecule has 0 aliphatic rings. The smallest absolute Gasteiger partial charge is 0.0926 e. The van der Waals surface area contributed by atoms with Gasteiger partial charge in [0.2, 0.25) is 0 Å². The van der Waals surface area contributed by atoms with Gasteiger partial charge in [0.05, 0.1) is 5.69 Å². The number of hydrogen-bond donors (Lipinski definition) is 1. The fourth-order valence-corrected chi connectivity index (χ4v) is 2.81. The van der Waals surface area contributed by atoms with Crippen LogP contribution < -0.4 is 5.73 Å². The average Bonchev–Trinajstić information content (AvgIpc) is 2.93. The molecule has 3 nitrogen and oxygen atoms in total. The van der Waals surface area contributed by atoms with Crippen molar-refractivity contribution in [3.05, 3.63) is 76.9 Å². The molecule has 1 unspecified atom stereocenters. The maximum atomic E-state index is 6.02. The van der Waals surface area contributed by atoms with E-state index in [0.29, 0.717) is 6.54 Å². The van der Waals surface area contributed by atoms with Crippen molar-refractivity contribution in [2.75, 3.05) is 6.54 Å². The van der Waals surface area contributed by atoms with E-state index in [0.717, 1.165) is 27.5 Å². The molecule has 3 aromatic rings. The molecule has 0 saturated carbocycles. The molecule has 4 heteroatoms. The molecule has 3 rings (SSSR count). The first kappa shape index (κ1) is 14.8. The highest BCUT2D eigenvalue weighted by molar-refractivity contribution is 6.30. The standard InChI is InChI=1S/C18H18ClN3/c1-22-18(11-17(21-22)14-5-3-2-4-6-14)16(12-20)13-7-9-15(19)10-8-13/h2-11,16H,12,20H2,1H3. The summed E-state index contributed by atoms with van der Waals surface area (Å²) in [5, 5.41) is 5.36. The number of aromatic nitrogens is 2. The molecule has 2 N–H and O–H groups in total. The van der Waals surface area contributed by atoms with Crippen molar-refractivity contribution in [1.82, 2.24) is 9.78 Å². The third-order valence-electron chi connectivity index (χ3n) is 3.85. The topological polar surface area (TPSA) is 43.8 Å². The van der Waals surface area contributed by atoms with Crippen molar-refractivity contribution in [3.63, 3.8) is 0 Å². The number of halogens is 1. The molecule has 1 aromatic heterocycles. The number of aryl methyl sites for hydroxylation is 1. The van der Waals surface area contributed by atoms with Crippen molar-refractivity contribution in [1.29, 1.82) is 0 Å². The Morgan fingerprint density at radius 1 is 1.09 bits per heavy atom. The van der Waals surface area contributed by atoms with Crippen LogP contribution in [-0.2, 0) is 7.05 Å². The minimum atomic E-state index is 0.104. The van der Waals surface area contributed by atoms with Crippen molar-refractivity contribution >= 4 is 11.6 Å². The summed E-state index contributed by atoms with van der Waals surface area (Å²) in [7, 11) is 1.96. The first-order valence-electron chi connectivity index (χ1n) is 7.24. The minimum absolute atomic E-state index is 0.104. The van der Waals surface area contributed by atoms with E-state index in [-0.39, 0.29) is 5.92 Å². The van der Waals surface area contributed by atoms with Gasteiger partial charge in [0.1, 0.15) is 0 Å². The van der Waals surface area contributed by atoms with Crippen LogP contribution in [0.5, 0.6) is 0 Å². The second-order valence-corrected chi connectivity index (χ2v) is 5.72. The van der Waals surface area contributed by atoms with Crippen LogP contribution in [0.4, 0.5) is 0 Å². The van der Waals surface area contributed by atoms with Gasteiger partial charge in [-0.15, -0.1) is 0 Å². The lowest BCUT2D eigenvalue weighted by molar-refractivity contribution is 0.665. The van der Waals surface area contributed by atoms with Crippen LogP contribution in [0.2, 0.25) is 5.02 Å². The van der Waals surface area contributed by atoms with E-state index >= 15 is 0 Å². The van der Waals surface area contributed by atoms with Crippen LogP contribution in [0.3, 0.4) is 0 Å². The molecule has 0 aliphatic carbocycles. The lowest BCUT2D eigenvalue weighted by atomic mass is 9.95. The molecule has 0 spiro atoms. The maximum Gasteiger partial charge on any atom is 0.0926 e. The lowest BCUT2D eigenvalue weighted by Gasteiger charge is -2.15. The molecule has 22 heavy (non-hydrogen) atoms. The van der Waals surface area contributed by atoms with Crippen molar-refractivity contribution < 1.29 is 0 Å². The molecule has 0 bridgehead atoms. The lowest BCUT2D eigenvalue weighted by Crippen LogP contribution is -2.16. The van der Waals surface area contributed by atoms with Gasteiger partial charge in [0.25, 0.3) is 0 Å². The van der Waals surface area contributed by atoms with E-state index < -0.39 is 0 Å². The third-order valence-corrected chi connectivity index (χ3v) is 4.10. The predicted molar refractivity (Wildman–Crippen MR) is 91.0 cm³/mol. The zero-order chi connectivity index (χ0) is 15.5. The van der Waals surface area contributed by atoms with Crippen LogP contribution in [-0.4, -0.2) is 16.3 Å². The van der Waals surface area contributed by atoms with Crippen molar-refractivity contribution in [2.24, 2.45) is 12.8 Å². The largest absolute Gasteiger partial charge is 0.329 e. The normalized spacial score (nSPS) is 12.3. The Bertz CT molecular complexity index is 748. The van der Waals surface area contributed by atoms with E-state index in [9.17, 15) is 0 Å². The number of benzene rings is 2. The van der Waals surface area contributed by atoms with Crippen LogP contribution in [0, 0.1) is 0 Å². The van der Waals surface area contributed by atoms with Crippen LogP contribution in [0.1, 0.15) is 17.2 Å². The van der Waals surface area contributed by atoms with E-state index in [1.165, 1.54) is 0 Å². The van der Waals surface area contributed by atoms with Crippen LogP contribution in [0.25, 0.3) is 11.3 Å². The number of hydrogen-bond acceptors (Lipinski definition) is 2. The Balaban J connectivity index is 1.99. The minimum Gasteiger partial charge on any atom is -0.329 e. The molecule has 1 atom stereocenters. The molecule has 0 aliphatic heterocycles. The molecular formula is C18H18ClN3. The second-order valence-electron chi connectivity index (χ2n) is 5.28. The van der Waals surface area contributed by atoms with Gasteiger partial charge in [-0.2, -0.15) is 5.10 Å². The molecule has 0 radical (unpaired) electrons.